The lowest BCUT2D eigenvalue weighted by Crippen LogP contribution is -2.12. The highest BCUT2D eigenvalue weighted by Gasteiger charge is 2.14. The largest absolute Gasteiger partial charge is 0.320 e. The SMILES string of the molecule is NC(c1ccc(Cl)c(Cl)c1)c1cc(Br)ccc1Br. The molecular weight excluding hydrogens is 401 g/mol. The first-order valence-electron chi connectivity index (χ1n) is 5.14. The first-order valence-corrected chi connectivity index (χ1v) is 7.48. The molecule has 94 valence electrons. The summed E-state index contributed by atoms with van der Waals surface area (Å²) in [6.07, 6.45) is 0. The van der Waals surface area contributed by atoms with Crippen LogP contribution < -0.4 is 5.73 Å². The van der Waals surface area contributed by atoms with Crippen molar-refractivity contribution in [2.45, 2.75) is 6.04 Å². The Hall–Kier alpha value is -0.0600. The Bertz CT molecular complexity index is 587. The van der Waals surface area contributed by atoms with Crippen LogP contribution in [0.15, 0.2) is 45.3 Å². The van der Waals surface area contributed by atoms with Crippen LogP contribution in [0, 0.1) is 0 Å². The smallest absolute Gasteiger partial charge is 0.0595 e. The summed E-state index contributed by atoms with van der Waals surface area (Å²) in [4.78, 5) is 0. The Kier molecular flexibility index (Phi) is 4.73. The maximum atomic E-state index is 6.25. The van der Waals surface area contributed by atoms with Gasteiger partial charge in [-0.15, -0.1) is 0 Å². The molecule has 0 aliphatic rings. The third-order valence-corrected chi connectivity index (χ3v) is 4.55. The molecule has 0 saturated carbocycles. The number of hydrogen-bond donors (Lipinski definition) is 1. The summed E-state index contributed by atoms with van der Waals surface area (Å²) in [7, 11) is 0. The molecule has 0 fully saturated rings. The molecule has 2 aromatic rings. The van der Waals surface area contributed by atoms with Crippen molar-refractivity contribution in [2.75, 3.05) is 0 Å². The molecule has 0 bridgehead atoms. The zero-order chi connectivity index (χ0) is 13.3. The van der Waals surface area contributed by atoms with E-state index in [0.717, 1.165) is 20.1 Å². The zero-order valence-corrected chi connectivity index (χ0v) is 13.8. The summed E-state index contributed by atoms with van der Waals surface area (Å²) in [5, 5.41) is 1.04. The average molecular weight is 410 g/mol. The summed E-state index contributed by atoms with van der Waals surface area (Å²) < 4.78 is 1.94. The number of nitrogens with two attached hydrogens (primary N) is 1. The second-order valence-electron chi connectivity index (χ2n) is 3.82. The molecule has 2 aromatic carbocycles. The van der Waals surface area contributed by atoms with Crippen LogP contribution in [0.4, 0.5) is 0 Å². The lowest BCUT2D eigenvalue weighted by Gasteiger charge is -2.15. The Morgan fingerprint density at radius 3 is 2.33 bits per heavy atom. The molecule has 0 spiro atoms. The number of rotatable bonds is 2. The van der Waals surface area contributed by atoms with Gasteiger partial charge in [-0.05, 0) is 41.5 Å². The van der Waals surface area contributed by atoms with Gasteiger partial charge < -0.3 is 5.73 Å². The number of halogens is 4. The molecule has 2 rings (SSSR count). The van der Waals surface area contributed by atoms with Crippen LogP contribution in [-0.4, -0.2) is 0 Å². The van der Waals surface area contributed by atoms with Gasteiger partial charge in [0.2, 0.25) is 0 Å². The van der Waals surface area contributed by atoms with Gasteiger partial charge in [0.15, 0.2) is 0 Å². The molecule has 18 heavy (non-hydrogen) atoms. The fourth-order valence-electron chi connectivity index (χ4n) is 1.64. The second kappa shape index (κ2) is 5.93. The van der Waals surface area contributed by atoms with Crippen LogP contribution >= 0.6 is 55.1 Å². The van der Waals surface area contributed by atoms with Gasteiger partial charge >= 0.3 is 0 Å². The maximum absolute atomic E-state index is 6.25. The zero-order valence-electron chi connectivity index (χ0n) is 9.13. The Morgan fingerprint density at radius 1 is 0.944 bits per heavy atom. The minimum absolute atomic E-state index is 0.258. The van der Waals surface area contributed by atoms with E-state index in [0.29, 0.717) is 10.0 Å². The van der Waals surface area contributed by atoms with E-state index in [4.69, 9.17) is 28.9 Å². The first kappa shape index (κ1) is 14.4. The summed E-state index contributed by atoms with van der Waals surface area (Å²) in [5.41, 5.74) is 8.16. The molecule has 0 heterocycles. The summed E-state index contributed by atoms with van der Waals surface area (Å²) in [6.45, 7) is 0. The third-order valence-electron chi connectivity index (χ3n) is 2.60. The minimum atomic E-state index is -0.258. The van der Waals surface area contributed by atoms with Crippen LogP contribution in [0.5, 0.6) is 0 Å². The van der Waals surface area contributed by atoms with Crippen molar-refractivity contribution in [2.24, 2.45) is 5.73 Å². The van der Waals surface area contributed by atoms with Crippen molar-refractivity contribution >= 4 is 55.1 Å². The van der Waals surface area contributed by atoms with Crippen molar-refractivity contribution in [3.63, 3.8) is 0 Å². The van der Waals surface area contributed by atoms with E-state index >= 15 is 0 Å². The molecule has 0 aliphatic heterocycles. The summed E-state index contributed by atoms with van der Waals surface area (Å²) in [6, 6.07) is 11.1. The lowest BCUT2D eigenvalue weighted by molar-refractivity contribution is 0.865. The van der Waals surface area contributed by atoms with Crippen molar-refractivity contribution in [3.05, 3.63) is 66.5 Å². The van der Waals surface area contributed by atoms with Crippen molar-refractivity contribution < 1.29 is 0 Å². The quantitative estimate of drug-likeness (QED) is 0.689. The molecule has 1 atom stereocenters. The fourth-order valence-corrected chi connectivity index (χ4v) is 2.82. The van der Waals surface area contributed by atoms with E-state index < -0.39 is 0 Å². The van der Waals surface area contributed by atoms with E-state index in [1.807, 2.05) is 24.3 Å². The van der Waals surface area contributed by atoms with Crippen LogP contribution in [-0.2, 0) is 0 Å². The van der Waals surface area contributed by atoms with Crippen LogP contribution in [0.25, 0.3) is 0 Å². The summed E-state index contributed by atoms with van der Waals surface area (Å²) in [5.74, 6) is 0. The Labute approximate surface area is 133 Å². The van der Waals surface area contributed by atoms with Crippen molar-refractivity contribution in [1.82, 2.24) is 0 Å². The van der Waals surface area contributed by atoms with Crippen LogP contribution in [0.3, 0.4) is 0 Å². The Morgan fingerprint density at radius 2 is 1.67 bits per heavy atom. The second-order valence-corrected chi connectivity index (χ2v) is 6.40. The van der Waals surface area contributed by atoms with Gasteiger partial charge in [0.1, 0.15) is 0 Å². The molecule has 0 amide bonds. The number of hydrogen-bond acceptors (Lipinski definition) is 1. The molecule has 1 nitrogen and oxygen atoms in total. The molecule has 5 heteroatoms. The highest BCUT2D eigenvalue weighted by molar-refractivity contribution is 9.11. The van der Waals surface area contributed by atoms with Gasteiger partial charge in [-0.25, -0.2) is 0 Å². The molecule has 0 saturated heterocycles. The van der Waals surface area contributed by atoms with E-state index in [2.05, 4.69) is 31.9 Å². The van der Waals surface area contributed by atoms with Gasteiger partial charge in [-0.3, -0.25) is 0 Å². The predicted molar refractivity (Wildman–Crippen MR) is 84.3 cm³/mol. The van der Waals surface area contributed by atoms with E-state index in [9.17, 15) is 0 Å². The number of benzene rings is 2. The van der Waals surface area contributed by atoms with Gasteiger partial charge in [0.05, 0.1) is 16.1 Å². The van der Waals surface area contributed by atoms with Gasteiger partial charge in [-0.1, -0.05) is 61.1 Å². The molecular formula is C13H9Br2Cl2N. The Balaban J connectivity index is 2.44. The molecule has 2 N–H and O–H groups in total. The van der Waals surface area contributed by atoms with E-state index in [1.54, 1.807) is 12.1 Å². The van der Waals surface area contributed by atoms with Crippen molar-refractivity contribution in [1.29, 1.82) is 0 Å². The van der Waals surface area contributed by atoms with E-state index in [-0.39, 0.29) is 6.04 Å². The molecule has 0 aliphatic carbocycles. The highest BCUT2D eigenvalue weighted by Crippen LogP contribution is 2.32. The van der Waals surface area contributed by atoms with Crippen molar-refractivity contribution in [3.8, 4) is 0 Å². The van der Waals surface area contributed by atoms with Gasteiger partial charge in [0, 0.05) is 8.95 Å². The van der Waals surface area contributed by atoms with Crippen LogP contribution in [0.1, 0.15) is 17.2 Å². The lowest BCUT2D eigenvalue weighted by atomic mass is 10.00. The molecule has 1 unspecified atom stereocenters. The highest BCUT2D eigenvalue weighted by atomic mass is 79.9. The van der Waals surface area contributed by atoms with Crippen LogP contribution in [0.2, 0.25) is 10.0 Å². The fraction of sp³-hybridized carbons (Fsp3) is 0.0769. The maximum Gasteiger partial charge on any atom is 0.0595 e. The first-order chi connectivity index (χ1) is 8.49. The minimum Gasteiger partial charge on any atom is -0.320 e. The normalized spacial score (nSPS) is 12.5. The third kappa shape index (κ3) is 3.09. The van der Waals surface area contributed by atoms with E-state index in [1.165, 1.54) is 0 Å². The topological polar surface area (TPSA) is 26.0 Å². The summed E-state index contributed by atoms with van der Waals surface area (Å²) >= 11 is 18.8. The molecule has 0 radical (unpaired) electrons. The average Bonchev–Trinajstić information content (AvgIpc) is 2.35. The predicted octanol–water partition coefficient (Wildman–Crippen LogP) is 5.57. The standard InChI is InChI=1S/C13H9Br2Cl2N/c14-8-2-3-10(15)9(6-8)13(18)7-1-4-11(16)12(17)5-7/h1-6,13H,18H2. The van der Waals surface area contributed by atoms with Gasteiger partial charge in [0.25, 0.3) is 0 Å². The monoisotopic (exact) mass is 407 g/mol. The van der Waals surface area contributed by atoms with Gasteiger partial charge in [-0.2, -0.15) is 0 Å². The molecule has 0 aromatic heterocycles.